The fourth-order valence-corrected chi connectivity index (χ4v) is 9.30. The second-order valence-electron chi connectivity index (χ2n) is 14.5. The summed E-state index contributed by atoms with van der Waals surface area (Å²) in [6, 6.07) is 79.9. The maximum atomic E-state index is 2.43. The lowest BCUT2D eigenvalue weighted by Gasteiger charge is -2.45. The first kappa shape index (κ1) is 31.4. The normalized spacial score (nSPS) is 13.2. The van der Waals surface area contributed by atoms with Crippen LogP contribution in [-0.2, 0) is 5.41 Å². The largest absolute Gasteiger partial charge is 0.310 e. The molecule has 1 heterocycles. The number of hydrogen-bond acceptors (Lipinski definition) is 2. The Balaban J connectivity index is 1.05. The molecule has 258 valence electrons. The van der Waals surface area contributed by atoms with Crippen molar-refractivity contribution >= 4 is 44.9 Å². The molecule has 0 atom stereocenters. The number of nitrogens with zero attached hydrogens (tertiary/aromatic N) is 2. The van der Waals surface area contributed by atoms with Crippen molar-refractivity contribution in [3.63, 3.8) is 0 Å². The van der Waals surface area contributed by atoms with Gasteiger partial charge in [-0.2, -0.15) is 0 Å². The zero-order valence-corrected chi connectivity index (χ0v) is 30.2. The van der Waals surface area contributed by atoms with E-state index in [1.165, 1.54) is 66.7 Å². The number of fused-ring (bicyclic) bond motifs is 10. The Hall–Kier alpha value is -7.16. The summed E-state index contributed by atoms with van der Waals surface area (Å²) in [4.78, 5) is 4.76. The van der Waals surface area contributed by atoms with Crippen molar-refractivity contribution < 1.29 is 0 Å². The van der Waals surface area contributed by atoms with Crippen molar-refractivity contribution in [2.45, 2.75) is 5.41 Å². The minimum atomic E-state index is -0.452. The van der Waals surface area contributed by atoms with Gasteiger partial charge in [0, 0.05) is 22.7 Å². The Morgan fingerprint density at radius 2 is 0.818 bits per heavy atom. The zero-order chi connectivity index (χ0) is 36.3. The fraction of sp³-hybridized carbons (Fsp3) is 0.0189. The van der Waals surface area contributed by atoms with Crippen LogP contribution in [0.5, 0.6) is 0 Å². The molecule has 0 fully saturated rings. The van der Waals surface area contributed by atoms with E-state index in [1.807, 2.05) is 0 Å². The van der Waals surface area contributed by atoms with Crippen LogP contribution in [-0.4, -0.2) is 0 Å². The molecule has 1 spiro atoms. The Kier molecular flexibility index (Phi) is 7.11. The molecule has 0 saturated carbocycles. The van der Waals surface area contributed by atoms with Crippen LogP contribution in [0.2, 0.25) is 0 Å². The second kappa shape index (κ2) is 12.5. The summed E-state index contributed by atoms with van der Waals surface area (Å²) in [5.74, 6) is 0. The summed E-state index contributed by atoms with van der Waals surface area (Å²) in [5.41, 5.74) is 16.8. The van der Waals surface area contributed by atoms with E-state index < -0.39 is 5.41 Å². The average molecular weight is 701 g/mol. The Labute approximate surface area is 321 Å². The van der Waals surface area contributed by atoms with Gasteiger partial charge in [0.05, 0.1) is 16.8 Å². The molecule has 2 aliphatic rings. The third-order valence-electron chi connectivity index (χ3n) is 11.6. The van der Waals surface area contributed by atoms with Crippen molar-refractivity contribution in [1.82, 2.24) is 0 Å². The highest BCUT2D eigenvalue weighted by atomic mass is 15.2. The van der Waals surface area contributed by atoms with E-state index in [0.717, 1.165) is 22.7 Å². The topological polar surface area (TPSA) is 6.48 Å². The first-order valence-corrected chi connectivity index (χ1v) is 19.0. The summed E-state index contributed by atoms with van der Waals surface area (Å²) in [5, 5.41) is 2.43. The van der Waals surface area contributed by atoms with E-state index in [0.29, 0.717) is 0 Å². The molecular weight excluding hydrogens is 665 g/mol. The van der Waals surface area contributed by atoms with Crippen molar-refractivity contribution in [1.29, 1.82) is 0 Å². The van der Waals surface area contributed by atoms with Gasteiger partial charge in [0.25, 0.3) is 0 Å². The highest BCUT2D eigenvalue weighted by molar-refractivity contribution is 5.98. The minimum absolute atomic E-state index is 0.452. The van der Waals surface area contributed by atoms with Gasteiger partial charge in [0.2, 0.25) is 0 Å². The lowest BCUT2D eigenvalue weighted by molar-refractivity contribution is 0.753. The Bertz CT molecular complexity index is 2790. The standard InChI is InChI=1S/C53H36N2/c1-4-16-41(17-5-1)54(42-18-6-2-7-19-42)44-32-30-38-34-37(28-29-39(38)35-44)40-31-33-48-46(36-40)45-22-10-11-23-47(45)53(48)49-24-12-14-26-51(49)55(43-20-8-3-9-21-43)52-27-15-13-25-50(52)53/h1-36H. The molecule has 0 radical (unpaired) electrons. The molecule has 9 aromatic carbocycles. The molecule has 55 heavy (non-hydrogen) atoms. The van der Waals surface area contributed by atoms with Crippen LogP contribution in [0.1, 0.15) is 22.3 Å². The second-order valence-corrected chi connectivity index (χ2v) is 14.5. The first-order chi connectivity index (χ1) is 27.3. The maximum Gasteiger partial charge on any atom is 0.0754 e. The van der Waals surface area contributed by atoms with Crippen molar-refractivity contribution in [2.75, 3.05) is 9.80 Å². The lowest BCUT2D eigenvalue weighted by atomic mass is 9.64. The SMILES string of the molecule is c1ccc(N(c2ccccc2)c2ccc3cc(-c4ccc5c(c4)-c4ccccc4C54c5ccccc5N(c5ccccc5)c5ccccc54)ccc3c2)cc1. The molecule has 2 heteroatoms. The van der Waals surface area contributed by atoms with E-state index in [9.17, 15) is 0 Å². The van der Waals surface area contributed by atoms with Gasteiger partial charge in [0.15, 0.2) is 0 Å². The lowest BCUT2D eigenvalue weighted by Crippen LogP contribution is -2.36. The Morgan fingerprint density at radius 1 is 0.327 bits per heavy atom. The molecule has 0 unspecified atom stereocenters. The molecule has 9 aromatic rings. The Morgan fingerprint density at radius 3 is 1.49 bits per heavy atom. The van der Waals surface area contributed by atoms with Gasteiger partial charge >= 0.3 is 0 Å². The predicted octanol–water partition coefficient (Wildman–Crippen LogP) is 14.1. The van der Waals surface area contributed by atoms with Crippen molar-refractivity contribution in [3.8, 4) is 22.3 Å². The maximum absolute atomic E-state index is 2.43. The third kappa shape index (κ3) is 4.75. The number of anilines is 6. The number of benzene rings is 9. The highest BCUT2D eigenvalue weighted by Gasteiger charge is 2.51. The van der Waals surface area contributed by atoms with Crippen LogP contribution < -0.4 is 9.80 Å². The fourth-order valence-electron chi connectivity index (χ4n) is 9.30. The van der Waals surface area contributed by atoms with Crippen LogP contribution in [0.15, 0.2) is 218 Å². The predicted molar refractivity (Wildman–Crippen MR) is 230 cm³/mol. The molecule has 0 saturated heterocycles. The summed E-state index contributed by atoms with van der Waals surface area (Å²) < 4.78 is 0. The van der Waals surface area contributed by atoms with Crippen LogP contribution in [0.25, 0.3) is 33.0 Å². The van der Waals surface area contributed by atoms with Gasteiger partial charge in [0.1, 0.15) is 0 Å². The van der Waals surface area contributed by atoms with E-state index in [2.05, 4.69) is 228 Å². The van der Waals surface area contributed by atoms with E-state index >= 15 is 0 Å². The van der Waals surface area contributed by atoms with Crippen molar-refractivity contribution in [2.24, 2.45) is 0 Å². The number of hydrogen-bond donors (Lipinski definition) is 0. The van der Waals surface area contributed by atoms with Crippen LogP contribution in [0, 0.1) is 0 Å². The molecule has 0 N–H and O–H groups in total. The van der Waals surface area contributed by atoms with E-state index in [1.54, 1.807) is 0 Å². The molecule has 0 aromatic heterocycles. The van der Waals surface area contributed by atoms with Gasteiger partial charge in [-0.05, 0) is 128 Å². The molecule has 0 amide bonds. The van der Waals surface area contributed by atoms with Gasteiger partial charge in [-0.3, -0.25) is 0 Å². The third-order valence-corrected chi connectivity index (χ3v) is 11.6. The molecule has 1 aliphatic carbocycles. The monoisotopic (exact) mass is 700 g/mol. The quantitative estimate of drug-likeness (QED) is 0.176. The smallest absolute Gasteiger partial charge is 0.0754 e. The summed E-state index contributed by atoms with van der Waals surface area (Å²) in [6.07, 6.45) is 0. The first-order valence-electron chi connectivity index (χ1n) is 19.0. The van der Waals surface area contributed by atoms with Crippen molar-refractivity contribution in [3.05, 3.63) is 241 Å². The van der Waals surface area contributed by atoms with Gasteiger partial charge in [-0.15, -0.1) is 0 Å². The highest BCUT2D eigenvalue weighted by Crippen LogP contribution is 2.63. The van der Waals surface area contributed by atoms with Gasteiger partial charge in [-0.1, -0.05) is 146 Å². The van der Waals surface area contributed by atoms with Crippen LogP contribution >= 0.6 is 0 Å². The molecule has 11 rings (SSSR count). The molecule has 1 aliphatic heterocycles. The number of para-hydroxylation sites is 5. The van der Waals surface area contributed by atoms with Gasteiger partial charge in [-0.25, -0.2) is 0 Å². The van der Waals surface area contributed by atoms with E-state index in [-0.39, 0.29) is 0 Å². The van der Waals surface area contributed by atoms with Crippen LogP contribution in [0.4, 0.5) is 34.1 Å². The minimum Gasteiger partial charge on any atom is -0.310 e. The van der Waals surface area contributed by atoms with Crippen LogP contribution in [0.3, 0.4) is 0 Å². The molecular formula is C53H36N2. The van der Waals surface area contributed by atoms with E-state index in [4.69, 9.17) is 0 Å². The summed E-state index contributed by atoms with van der Waals surface area (Å²) in [7, 11) is 0. The number of rotatable bonds is 5. The zero-order valence-electron chi connectivity index (χ0n) is 30.2. The summed E-state index contributed by atoms with van der Waals surface area (Å²) >= 11 is 0. The van der Waals surface area contributed by atoms with Gasteiger partial charge < -0.3 is 9.80 Å². The average Bonchev–Trinajstić information content (AvgIpc) is 3.55. The molecule has 0 bridgehead atoms. The molecule has 2 nitrogen and oxygen atoms in total. The summed E-state index contributed by atoms with van der Waals surface area (Å²) in [6.45, 7) is 0.